The number of pyridine rings is 1. The third-order valence-corrected chi connectivity index (χ3v) is 6.08. The Labute approximate surface area is 183 Å². The van der Waals surface area contributed by atoms with Crippen molar-refractivity contribution in [3.63, 3.8) is 0 Å². The van der Waals surface area contributed by atoms with E-state index in [1.807, 2.05) is 24.4 Å². The molecular weight excluding hydrogens is 416 g/mol. The summed E-state index contributed by atoms with van der Waals surface area (Å²) in [6.07, 6.45) is 6.72. The van der Waals surface area contributed by atoms with Crippen molar-refractivity contribution < 1.29 is 13.5 Å². The maximum atomic E-state index is 12.9. The first kappa shape index (κ1) is 20.6. The highest BCUT2D eigenvalue weighted by molar-refractivity contribution is 5.84. The van der Waals surface area contributed by atoms with E-state index in [9.17, 15) is 8.78 Å². The van der Waals surface area contributed by atoms with Gasteiger partial charge < -0.3 is 10.1 Å². The smallest absolute Gasteiger partial charge is 0.272 e. The minimum Gasteiger partial charge on any atom is -0.470 e. The highest BCUT2D eigenvalue weighted by Crippen LogP contribution is 2.36. The van der Waals surface area contributed by atoms with Crippen molar-refractivity contribution in [2.75, 3.05) is 11.9 Å². The van der Waals surface area contributed by atoms with E-state index in [1.165, 1.54) is 6.33 Å². The van der Waals surface area contributed by atoms with Gasteiger partial charge in [0.25, 0.3) is 6.43 Å². The molecule has 0 spiro atoms. The lowest BCUT2D eigenvalue weighted by Crippen LogP contribution is -2.30. The number of hydrogen-bond donors (Lipinski definition) is 1. The van der Waals surface area contributed by atoms with Gasteiger partial charge in [-0.3, -0.25) is 0 Å². The molecule has 0 bridgehead atoms. The SMILES string of the molecule is CC1(C)CCC(Nc2nc(OCC(F)F)c3c(-c4ccc5ncnn5c4)ccn3n2)CC1. The third-order valence-electron chi connectivity index (χ3n) is 6.08. The minimum atomic E-state index is -2.60. The van der Waals surface area contributed by atoms with Crippen molar-refractivity contribution in [2.24, 2.45) is 5.41 Å². The molecule has 1 saturated carbocycles. The Balaban J connectivity index is 1.51. The van der Waals surface area contributed by atoms with Gasteiger partial charge in [-0.1, -0.05) is 13.8 Å². The lowest BCUT2D eigenvalue weighted by atomic mass is 9.76. The minimum absolute atomic E-state index is 0.123. The second-order valence-corrected chi connectivity index (χ2v) is 9.03. The van der Waals surface area contributed by atoms with Crippen LogP contribution in [0.4, 0.5) is 14.7 Å². The van der Waals surface area contributed by atoms with Crippen molar-refractivity contribution >= 4 is 17.1 Å². The quantitative estimate of drug-likeness (QED) is 0.476. The van der Waals surface area contributed by atoms with Crippen LogP contribution in [0, 0.1) is 5.41 Å². The van der Waals surface area contributed by atoms with Gasteiger partial charge in [0.2, 0.25) is 11.8 Å². The van der Waals surface area contributed by atoms with E-state index in [0.29, 0.717) is 22.5 Å². The van der Waals surface area contributed by atoms with Crippen LogP contribution in [-0.2, 0) is 0 Å². The molecule has 1 fully saturated rings. The van der Waals surface area contributed by atoms with Crippen LogP contribution in [0.1, 0.15) is 39.5 Å². The predicted octanol–water partition coefficient (Wildman–Crippen LogP) is 4.46. The second kappa shape index (κ2) is 7.99. The maximum Gasteiger partial charge on any atom is 0.272 e. The largest absolute Gasteiger partial charge is 0.470 e. The number of fused-ring (bicyclic) bond motifs is 2. The molecule has 1 N–H and O–H groups in total. The van der Waals surface area contributed by atoms with Crippen LogP contribution in [0.25, 0.3) is 22.3 Å². The van der Waals surface area contributed by atoms with Gasteiger partial charge in [0.1, 0.15) is 11.8 Å². The van der Waals surface area contributed by atoms with Gasteiger partial charge in [-0.25, -0.2) is 22.8 Å². The van der Waals surface area contributed by atoms with Crippen LogP contribution in [0.15, 0.2) is 36.9 Å². The lowest BCUT2D eigenvalue weighted by molar-refractivity contribution is 0.0802. The number of halogens is 2. The Morgan fingerprint density at radius 1 is 1.19 bits per heavy atom. The standard InChI is InChI=1S/C22H25F2N7O/c1-22(2)8-5-15(6-9-22)27-21-28-20(32-12-17(23)24)19-16(7-10-30(19)29-21)14-3-4-18-25-13-26-31(18)11-14/h3-4,7,10-11,13,15,17H,5-6,8-9,12H2,1-2H3,(H,27,29). The van der Waals surface area contributed by atoms with Crippen molar-refractivity contribution in [3.8, 4) is 17.0 Å². The number of rotatable bonds is 6. The molecule has 1 aliphatic rings. The molecule has 10 heteroatoms. The molecule has 0 unspecified atom stereocenters. The Morgan fingerprint density at radius 3 is 2.78 bits per heavy atom. The maximum absolute atomic E-state index is 12.9. The topological polar surface area (TPSA) is 81.6 Å². The third kappa shape index (κ3) is 4.09. The van der Waals surface area contributed by atoms with Gasteiger partial charge in [-0.05, 0) is 49.3 Å². The molecule has 8 nitrogen and oxygen atoms in total. The summed E-state index contributed by atoms with van der Waals surface area (Å²) in [5.41, 5.74) is 3.17. The average Bonchev–Trinajstić information content (AvgIpc) is 3.40. The zero-order valence-electron chi connectivity index (χ0n) is 18.0. The fourth-order valence-corrected chi connectivity index (χ4v) is 4.23. The van der Waals surface area contributed by atoms with Gasteiger partial charge in [-0.2, -0.15) is 10.1 Å². The summed E-state index contributed by atoms with van der Waals surface area (Å²) in [6.45, 7) is 3.82. The van der Waals surface area contributed by atoms with Crippen LogP contribution >= 0.6 is 0 Å². The van der Waals surface area contributed by atoms with E-state index < -0.39 is 13.0 Å². The fourth-order valence-electron chi connectivity index (χ4n) is 4.23. The Kier molecular flexibility index (Phi) is 5.15. The zero-order chi connectivity index (χ0) is 22.3. The second-order valence-electron chi connectivity index (χ2n) is 9.03. The van der Waals surface area contributed by atoms with Gasteiger partial charge in [0.15, 0.2) is 12.3 Å². The van der Waals surface area contributed by atoms with Gasteiger partial charge in [0, 0.05) is 29.6 Å². The van der Waals surface area contributed by atoms with Crippen LogP contribution in [0.2, 0.25) is 0 Å². The summed E-state index contributed by atoms with van der Waals surface area (Å²) in [5, 5.41) is 12.1. The fraction of sp³-hybridized carbons (Fsp3) is 0.455. The molecule has 5 rings (SSSR count). The molecule has 0 aliphatic heterocycles. The zero-order valence-corrected chi connectivity index (χ0v) is 18.0. The van der Waals surface area contributed by atoms with Gasteiger partial charge in [-0.15, -0.1) is 5.10 Å². The Bertz CT molecular complexity index is 1240. The number of aromatic nitrogens is 6. The summed E-state index contributed by atoms with van der Waals surface area (Å²) in [4.78, 5) is 8.63. The van der Waals surface area contributed by atoms with Gasteiger partial charge in [0.05, 0.1) is 0 Å². The summed E-state index contributed by atoms with van der Waals surface area (Å²) in [7, 11) is 0. The number of anilines is 1. The highest BCUT2D eigenvalue weighted by Gasteiger charge is 2.27. The summed E-state index contributed by atoms with van der Waals surface area (Å²) in [6, 6.07) is 5.84. The number of hydrogen-bond acceptors (Lipinski definition) is 6. The molecule has 4 heterocycles. The van der Waals surface area contributed by atoms with E-state index in [4.69, 9.17) is 4.74 Å². The Hall–Kier alpha value is -3.30. The molecule has 4 aromatic rings. The summed E-state index contributed by atoms with van der Waals surface area (Å²) < 4.78 is 34.6. The van der Waals surface area contributed by atoms with E-state index in [-0.39, 0.29) is 11.9 Å². The molecule has 168 valence electrons. The number of nitrogens with zero attached hydrogens (tertiary/aromatic N) is 6. The van der Waals surface area contributed by atoms with E-state index in [2.05, 4.69) is 39.3 Å². The predicted molar refractivity (Wildman–Crippen MR) is 116 cm³/mol. The molecule has 1 aliphatic carbocycles. The molecule has 32 heavy (non-hydrogen) atoms. The van der Waals surface area contributed by atoms with Gasteiger partial charge >= 0.3 is 0 Å². The average molecular weight is 441 g/mol. The van der Waals surface area contributed by atoms with E-state index in [1.54, 1.807) is 15.2 Å². The number of alkyl halides is 2. The van der Waals surface area contributed by atoms with Crippen molar-refractivity contribution in [2.45, 2.75) is 52.0 Å². The van der Waals surface area contributed by atoms with E-state index >= 15 is 0 Å². The first-order chi connectivity index (χ1) is 15.4. The van der Waals surface area contributed by atoms with Crippen molar-refractivity contribution in [1.82, 2.24) is 29.2 Å². The van der Waals surface area contributed by atoms with Crippen LogP contribution in [0.5, 0.6) is 5.88 Å². The van der Waals surface area contributed by atoms with Crippen molar-refractivity contribution in [3.05, 3.63) is 36.9 Å². The van der Waals surface area contributed by atoms with Crippen LogP contribution < -0.4 is 10.1 Å². The summed E-state index contributed by atoms with van der Waals surface area (Å²) >= 11 is 0. The molecule has 0 saturated heterocycles. The molecule has 0 atom stereocenters. The Morgan fingerprint density at radius 2 is 2.00 bits per heavy atom. The molecule has 4 aromatic heterocycles. The molecule has 0 aromatic carbocycles. The molecular formula is C22H25F2N7O. The lowest BCUT2D eigenvalue weighted by Gasteiger charge is -2.34. The highest BCUT2D eigenvalue weighted by atomic mass is 19.3. The molecule has 0 amide bonds. The monoisotopic (exact) mass is 441 g/mol. The first-order valence-electron chi connectivity index (χ1n) is 10.7. The first-order valence-corrected chi connectivity index (χ1v) is 10.7. The van der Waals surface area contributed by atoms with Crippen molar-refractivity contribution in [1.29, 1.82) is 0 Å². The number of nitrogens with one attached hydrogen (secondary N) is 1. The molecule has 0 radical (unpaired) electrons. The van der Waals surface area contributed by atoms with Crippen LogP contribution in [-0.4, -0.2) is 48.3 Å². The summed E-state index contributed by atoms with van der Waals surface area (Å²) in [5.74, 6) is 0.498. The van der Waals surface area contributed by atoms with E-state index in [0.717, 1.165) is 36.8 Å². The normalized spacial score (nSPS) is 16.8. The van der Waals surface area contributed by atoms with Crippen LogP contribution in [0.3, 0.4) is 0 Å². The number of ether oxygens (including phenoxy) is 1.